The van der Waals surface area contributed by atoms with Crippen molar-refractivity contribution in [3.8, 4) is 0 Å². The van der Waals surface area contributed by atoms with Crippen molar-refractivity contribution in [3.63, 3.8) is 0 Å². The molecule has 1 heterocycles. The van der Waals surface area contributed by atoms with E-state index in [9.17, 15) is 0 Å². The van der Waals surface area contributed by atoms with E-state index in [1.165, 1.54) is 0 Å². The number of hydrogen-bond donors (Lipinski definition) is 2. The summed E-state index contributed by atoms with van der Waals surface area (Å²) in [6.45, 7) is 3.32. The number of hydrogen-bond acceptors (Lipinski definition) is 4. The number of halogens is 1. The highest BCUT2D eigenvalue weighted by Gasteiger charge is 2.06. The summed E-state index contributed by atoms with van der Waals surface area (Å²) in [5.74, 6) is 0.800. The van der Waals surface area contributed by atoms with Crippen molar-refractivity contribution < 1.29 is 4.74 Å². The Kier molecular flexibility index (Phi) is 4.16. The minimum atomic E-state index is 0.650. The summed E-state index contributed by atoms with van der Waals surface area (Å²) in [7, 11) is 1.67. The van der Waals surface area contributed by atoms with Crippen LogP contribution in [0.5, 0.6) is 0 Å². The fraction of sp³-hybridized carbons (Fsp3) is 0.444. The Bertz CT molecular complexity index is 317. The molecule has 3 N–H and O–H groups in total. The molecule has 0 aliphatic rings. The maximum atomic E-state index is 5.70. The standard InChI is InChI=1S/C9H14BrN3O/c1-6-7(11)5-13-9(8(6)10)12-3-4-14-2/h5H,3-4,11H2,1-2H3,(H,12,13). The molecule has 5 heteroatoms. The van der Waals surface area contributed by atoms with Crippen molar-refractivity contribution in [2.24, 2.45) is 0 Å². The van der Waals surface area contributed by atoms with Gasteiger partial charge in [0.05, 0.1) is 23.0 Å². The second-order valence-electron chi connectivity index (χ2n) is 2.92. The molecule has 1 rings (SSSR count). The fourth-order valence-electron chi connectivity index (χ4n) is 0.987. The summed E-state index contributed by atoms with van der Waals surface area (Å²) in [5.41, 5.74) is 7.39. The Balaban J connectivity index is 2.73. The molecule has 0 unspecified atom stereocenters. The Morgan fingerprint density at radius 2 is 2.36 bits per heavy atom. The van der Waals surface area contributed by atoms with Gasteiger partial charge in [-0.25, -0.2) is 4.98 Å². The minimum Gasteiger partial charge on any atom is -0.397 e. The van der Waals surface area contributed by atoms with Gasteiger partial charge in [0.1, 0.15) is 5.82 Å². The van der Waals surface area contributed by atoms with Crippen LogP contribution in [-0.4, -0.2) is 25.2 Å². The number of ether oxygens (including phenoxy) is 1. The van der Waals surface area contributed by atoms with Crippen LogP contribution in [-0.2, 0) is 4.74 Å². The topological polar surface area (TPSA) is 60.2 Å². The lowest BCUT2D eigenvalue weighted by molar-refractivity contribution is 0.210. The number of aromatic nitrogens is 1. The van der Waals surface area contributed by atoms with Gasteiger partial charge in [0, 0.05) is 13.7 Å². The van der Waals surface area contributed by atoms with Crippen LogP contribution in [0.15, 0.2) is 10.7 Å². The zero-order valence-corrected chi connectivity index (χ0v) is 9.89. The molecule has 0 aromatic carbocycles. The number of nitrogens with one attached hydrogen (secondary N) is 1. The van der Waals surface area contributed by atoms with E-state index in [2.05, 4.69) is 26.2 Å². The van der Waals surface area contributed by atoms with Gasteiger partial charge < -0.3 is 15.8 Å². The molecule has 0 fully saturated rings. The zero-order chi connectivity index (χ0) is 10.6. The molecule has 0 bridgehead atoms. The first-order valence-electron chi connectivity index (χ1n) is 4.30. The number of methoxy groups -OCH3 is 1. The first-order chi connectivity index (χ1) is 6.66. The van der Waals surface area contributed by atoms with Crippen LogP contribution in [0.1, 0.15) is 5.56 Å². The molecular formula is C9H14BrN3O. The van der Waals surface area contributed by atoms with E-state index in [0.717, 1.165) is 22.4 Å². The second-order valence-corrected chi connectivity index (χ2v) is 3.71. The van der Waals surface area contributed by atoms with Crippen LogP contribution in [0, 0.1) is 6.92 Å². The molecular weight excluding hydrogens is 246 g/mol. The quantitative estimate of drug-likeness (QED) is 0.810. The number of anilines is 2. The summed E-state index contributed by atoms with van der Waals surface area (Å²) in [6.07, 6.45) is 1.65. The lowest BCUT2D eigenvalue weighted by Gasteiger charge is -2.10. The van der Waals surface area contributed by atoms with Crippen molar-refractivity contribution in [1.82, 2.24) is 4.98 Å². The molecule has 78 valence electrons. The lowest BCUT2D eigenvalue weighted by Crippen LogP contribution is -2.10. The second kappa shape index (κ2) is 5.17. The predicted octanol–water partition coefficient (Wildman–Crippen LogP) is 1.79. The van der Waals surface area contributed by atoms with E-state index in [1.54, 1.807) is 13.3 Å². The third kappa shape index (κ3) is 2.59. The maximum absolute atomic E-state index is 5.70. The van der Waals surface area contributed by atoms with Crippen molar-refractivity contribution in [1.29, 1.82) is 0 Å². The normalized spacial score (nSPS) is 10.2. The van der Waals surface area contributed by atoms with Crippen molar-refractivity contribution >= 4 is 27.4 Å². The summed E-state index contributed by atoms with van der Waals surface area (Å²) < 4.78 is 5.84. The number of nitrogens with two attached hydrogens (primary N) is 1. The fourth-order valence-corrected chi connectivity index (χ4v) is 1.46. The van der Waals surface area contributed by atoms with Gasteiger partial charge in [-0.2, -0.15) is 0 Å². The maximum Gasteiger partial charge on any atom is 0.140 e. The van der Waals surface area contributed by atoms with Gasteiger partial charge in [-0.05, 0) is 28.4 Å². The lowest BCUT2D eigenvalue weighted by atomic mass is 10.2. The Morgan fingerprint density at radius 3 is 3.00 bits per heavy atom. The van der Waals surface area contributed by atoms with E-state index >= 15 is 0 Å². The van der Waals surface area contributed by atoms with E-state index < -0.39 is 0 Å². The predicted molar refractivity (Wildman–Crippen MR) is 61.5 cm³/mol. The molecule has 0 saturated carbocycles. The van der Waals surface area contributed by atoms with Crippen molar-refractivity contribution in [2.45, 2.75) is 6.92 Å². The number of pyridine rings is 1. The van der Waals surface area contributed by atoms with Gasteiger partial charge in [-0.1, -0.05) is 0 Å². The van der Waals surface area contributed by atoms with E-state index in [-0.39, 0.29) is 0 Å². The third-order valence-electron chi connectivity index (χ3n) is 1.90. The summed E-state index contributed by atoms with van der Waals surface area (Å²) >= 11 is 3.44. The molecule has 0 aliphatic carbocycles. The molecule has 1 aromatic heterocycles. The smallest absolute Gasteiger partial charge is 0.140 e. The van der Waals surface area contributed by atoms with Gasteiger partial charge in [-0.15, -0.1) is 0 Å². The highest BCUT2D eigenvalue weighted by Crippen LogP contribution is 2.27. The molecule has 0 spiro atoms. The Labute approximate surface area is 92.0 Å². The molecule has 4 nitrogen and oxygen atoms in total. The minimum absolute atomic E-state index is 0.650. The number of rotatable bonds is 4. The molecule has 0 atom stereocenters. The first-order valence-corrected chi connectivity index (χ1v) is 5.09. The highest BCUT2D eigenvalue weighted by atomic mass is 79.9. The summed E-state index contributed by atoms with van der Waals surface area (Å²) in [6, 6.07) is 0. The third-order valence-corrected chi connectivity index (χ3v) is 2.87. The van der Waals surface area contributed by atoms with Crippen molar-refractivity contribution in [3.05, 3.63) is 16.2 Å². The highest BCUT2D eigenvalue weighted by molar-refractivity contribution is 9.10. The van der Waals surface area contributed by atoms with Gasteiger partial charge in [0.15, 0.2) is 0 Å². The molecule has 0 saturated heterocycles. The molecule has 14 heavy (non-hydrogen) atoms. The van der Waals surface area contributed by atoms with Crippen LogP contribution in [0.3, 0.4) is 0 Å². The molecule has 0 amide bonds. The SMILES string of the molecule is COCCNc1ncc(N)c(C)c1Br. The monoisotopic (exact) mass is 259 g/mol. The first kappa shape index (κ1) is 11.3. The van der Waals surface area contributed by atoms with E-state index in [0.29, 0.717) is 12.3 Å². The van der Waals surface area contributed by atoms with Gasteiger partial charge in [0.25, 0.3) is 0 Å². The van der Waals surface area contributed by atoms with Crippen molar-refractivity contribution in [2.75, 3.05) is 31.3 Å². The average molecular weight is 260 g/mol. The Hall–Kier alpha value is -0.810. The molecule has 1 aromatic rings. The van der Waals surface area contributed by atoms with Crippen LogP contribution >= 0.6 is 15.9 Å². The number of nitrogens with zero attached hydrogens (tertiary/aromatic N) is 1. The number of nitrogen functional groups attached to an aromatic ring is 1. The molecule has 0 aliphatic heterocycles. The average Bonchev–Trinajstić information content (AvgIpc) is 2.18. The largest absolute Gasteiger partial charge is 0.397 e. The summed E-state index contributed by atoms with van der Waals surface area (Å²) in [4.78, 5) is 4.17. The van der Waals surface area contributed by atoms with Crippen LogP contribution < -0.4 is 11.1 Å². The van der Waals surface area contributed by atoms with Crippen LogP contribution in [0.4, 0.5) is 11.5 Å². The van der Waals surface area contributed by atoms with Crippen LogP contribution in [0.2, 0.25) is 0 Å². The van der Waals surface area contributed by atoms with Gasteiger partial charge in [-0.3, -0.25) is 0 Å². The van der Waals surface area contributed by atoms with E-state index in [1.807, 2.05) is 6.92 Å². The summed E-state index contributed by atoms with van der Waals surface area (Å²) in [5, 5.41) is 3.14. The van der Waals surface area contributed by atoms with E-state index in [4.69, 9.17) is 10.5 Å². The molecule has 0 radical (unpaired) electrons. The zero-order valence-electron chi connectivity index (χ0n) is 8.30. The van der Waals surface area contributed by atoms with Crippen LogP contribution in [0.25, 0.3) is 0 Å². The van der Waals surface area contributed by atoms with Gasteiger partial charge >= 0.3 is 0 Å². The van der Waals surface area contributed by atoms with Gasteiger partial charge in [0.2, 0.25) is 0 Å². The Morgan fingerprint density at radius 1 is 1.64 bits per heavy atom.